The lowest BCUT2D eigenvalue weighted by Gasteiger charge is -2.15. The van der Waals surface area contributed by atoms with Crippen molar-refractivity contribution in [3.8, 4) is 5.75 Å². The summed E-state index contributed by atoms with van der Waals surface area (Å²) in [5.74, 6) is 0.439. The van der Waals surface area contributed by atoms with Gasteiger partial charge < -0.3 is 15.8 Å². The molecule has 0 aromatic heterocycles. The van der Waals surface area contributed by atoms with E-state index in [0.29, 0.717) is 6.54 Å². The molecule has 94 valence electrons. The Labute approximate surface area is 102 Å². The maximum Gasteiger partial charge on any atom is 0.228 e. The highest BCUT2D eigenvalue weighted by Gasteiger charge is 2.17. The van der Waals surface area contributed by atoms with Crippen molar-refractivity contribution in [2.75, 3.05) is 13.6 Å². The van der Waals surface area contributed by atoms with Crippen LogP contribution in [0.3, 0.4) is 0 Å². The molecule has 0 heterocycles. The minimum atomic E-state index is -0.298. The van der Waals surface area contributed by atoms with Gasteiger partial charge in [-0.3, -0.25) is 4.79 Å². The monoisotopic (exact) mass is 236 g/mol. The van der Waals surface area contributed by atoms with Gasteiger partial charge >= 0.3 is 0 Å². The molecule has 1 amide bonds. The summed E-state index contributed by atoms with van der Waals surface area (Å²) in [5.41, 5.74) is 6.51. The number of rotatable bonds is 5. The first-order valence-corrected chi connectivity index (χ1v) is 5.76. The third-order valence-corrected chi connectivity index (χ3v) is 2.45. The molecule has 0 spiro atoms. The zero-order valence-corrected chi connectivity index (χ0v) is 10.6. The van der Waals surface area contributed by atoms with Gasteiger partial charge in [-0.1, -0.05) is 12.1 Å². The van der Waals surface area contributed by atoms with Crippen molar-refractivity contribution >= 4 is 5.91 Å². The zero-order valence-electron chi connectivity index (χ0n) is 10.6. The molecular weight excluding hydrogens is 216 g/mol. The van der Waals surface area contributed by atoms with E-state index >= 15 is 0 Å². The Hall–Kier alpha value is -1.55. The fourth-order valence-electron chi connectivity index (χ4n) is 1.62. The van der Waals surface area contributed by atoms with Crippen molar-refractivity contribution in [3.63, 3.8) is 0 Å². The summed E-state index contributed by atoms with van der Waals surface area (Å²) in [5, 5.41) is 2.61. The summed E-state index contributed by atoms with van der Waals surface area (Å²) >= 11 is 0. The van der Waals surface area contributed by atoms with Gasteiger partial charge in [-0.15, -0.1) is 0 Å². The number of nitrogens with one attached hydrogen (secondary N) is 1. The Morgan fingerprint density at radius 2 is 1.94 bits per heavy atom. The molecular formula is C13H20N2O2. The molecule has 0 fully saturated rings. The predicted molar refractivity (Wildman–Crippen MR) is 68.1 cm³/mol. The van der Waals surface area contributed by atoms with E-state index in [0.717, 1.165) is 11.3 Å². The number of carbonyl (C=O) groups is 1. The van der Waals surface area contributed by atoms with Crippen LogP contribution in [0.5, 0.6) is 5.75 Å². The number of hydrogen-bond acceptors (Lipinski definition) is 3. The van der Waals surface area contributed by atoms with E-state index in [-0.39, 0.29) is 17.9 Å². The number of likely N-dealkylation sites (N-methyl/N-ethyl adjacent to an activating group) is 1. The summed E-state index contributed by atoms with van der Waals surface area (Å²) < 4.78 is 5.54. The van der Waals surface area contributed by atoms with E-state index in [1.807, 2.05) is 38.1 Å². The fraction of sp³-hybridized carbons (Fsp3) is 0.462. The van der Waals surface area contributed by atoms with E-state index in [2.05, 4.69) is 5.32 Å². The van der Waals surface area contributed by atoms with E-state index < -0.39 is 0 Å². The molecule has 4 nitrogen and oxygen atoms in total. The summed E-state index contributed by atoms with van der Waals surface area (Å²) in [4.78, 5) is 11.6. The summed E-state index contributed by atoms with van der Waals surface area (Å²) in [6.07, 6.45) is 0.144. The number of nitrogens with two attached hydrogens (primary N) is 1. The SMILES string of the molecule is CNC(=O)C(CN)c1ccc(OC(C)C)cc1. The Bertz CT molecular complexity index is 360. The minimum Gasteiger partial charge on any atom is -0.491 e. The van der Waals surface area contributed by atoms with E-state index in [1.54, 1.807) is 7.05 Å². The lowest BCUT2D eigenvalue weighted by molar-refractivity contribution is -0.121. The van der Waals surface area contributed by atoms with Crippen LogP contribution in [0.15, 0.2) is 24.3 Å². The first-order chi connectivity index (χ1) is 8.08. The smallest absolute Gasteiger partial charge is 0.228 e. The highest BCUT2D eigenvalue weighted by Crippen LogP contribution is 2.19. The van der Waals surface area contributed by atoms with Gasteiger partial charge in [-0.05, 0) is 31.5 Å². The van der Waals surface area contributed by atoms with Gasteiger partial charge in [0.05, 0.1) is 12.0 Å². The maximum atomic E-state index is 11.6. The molecule has 1 aromatic rings. The highest BCUT2D eigenvalue weighted by atomic mass is 16.5. The van der Waals surface area contributed by atoms with Crippen LogP contribution in [0.4, 0.5) is 0 Å². The molecule has 4 heteroatoms. The second-order valence-electron chi connectivity index (χ2n) is 4.14. The average molecular weight is 236 g/mol. The van der Waals surface area contributed by atoms with Crippen LogP contribution in [0.2, 0.25) is 0 Å². The van der Waals surface area contributed by atoms with Gasteiger partial charge in [-0.2, -0.15) is 0 Å². The van der Waals surface area contributed by atoms with Crippen LogP contribution in [0, 0.1) is 0 Å². The van der Waals surface area contributed by atoms with Gasteiger partial charge in [0, 0.05) is 13.6 Å². The summed E-state index contributed by atoms with van der Waals surface area (Å²) in [6, 6.07) is 7.48. The number of carbonyl (C=O) groups excluding carboxylic acids is 1. The van der Waals surface area contributed by atoms with Gasteiger partial charge in [0.2, 0.25) is 5.91 Å². The molecule has 0 saturated heterocycles. The number of ether oxygens (including phenoxy) is 1. The van der Waals surface area contributed by atoms with E-state index in [9.17, 15) is 4.79 Å². The second kappa shape index (κ2) is 6.25. The zero-order chi connectivity index (χ0) is 12.8. The first kappa shape index (κ1) is 13.5. The number of benzene rings is 1. The Morgan fingerprint density at radius 3 is 2.35 bits per heavy atom. The first-order valence-electron chi connectivity index (χ1n) is 5.76. The average Bonchev–Trinajstić information content (AvgIpc) is 2.31. The molecule has 1 unspecified atom stereocenters. The second-order valence-corrected chi connectivity index (χ2v) is 4.14. The van der Waals surface area contributed by atoms with Crippen LogP contribution in [-0.4, -0.2) is 25.6 Å². The summed E-state index contributed by atoms with van der Waals surface area (Å²) in [7, 11) is 1.61. The fourth-order valence-corrected chi connectivity index (χ4v) is 1.62. The molecule has 0 aliphatic rings. The summed E-state index contributed by atoms with van der Waals surface area (Å²) in [6.45, 7) is 4.24. The molecule has 1 rings (SSSR count). The third-order valence-electron chi connectivity index (χ3n) is 2.45. The van der Waals surface area contributed by atoms with Crippen LogP contribution in [-0.2, 0) is 4.79 Å². The molecule has 1 aromatic carbocycles. The van der Waals surface area contributed by atoms with Gasteiger partial charge in [0.15, 0.2) is 0 Å². The molecule has 3 N–H and O–H groups in total. The van der Waals surface area contributed by atoms with Crippen LogP contribution in [0.1, 0.15) is 25.3 Å². The molecule has 0 bridgehead atoms. The molecule has 17 heavy (non-hydrogen) atoms. The number of hydrogen-bond donors (Lipinski definition) is 2. The Morgan fingerprint density at radius 1 is 1.35 bits per heavy atom. The van der Waals surface area contributed by atoms with Crippen molar-refractivity contribution in [3.05, 3.63) is 29.8 Å². The van der Waals surface area contributed by atoms with Crippen molar-refractivity contribution in [2.45, 2.75) is 25.9 Å². The van der Waals surface area contributed by atoms with Crippen LogP contribution >= 0.6 is 0 Å². The quantitative estimate of drug-likeness (QED) is 0.809. The Kier molecular flexibility index (Phi) is 4.97. The van der Waals surface area contributed by atoms with E-state index in [4.69, 9.17) is 10.5 Å². The minimum absolute atomic E-state index is 0.0648. The van der Waals surface area contributed by atoms with Crippen molar-refractivity contribution in [2.24, 2.45) is 5.73 Å². The van der Waals surface area contributed by atoms with Gasteiger partial charge in [0.25, 0.3) is 0 Å². The largest absolute Gasteiger partial charge is 0.491 e. The lowest BCUT2D eigenvalue weighted by Crippen LogP contribution is -2.30. The van der Waals surface area contributed by atoms with Crippen LogP contribution in [0.25, 0.3) is 0 Å². The molecule has 0 aliphatic heterocycles. The molecule has 0 saturated carbocycles. The highest BCUT2D eigenvalue weighted by molar-refractivity contribution is 5.83. The van der Waals surface area contributed by atoms with Crippen molar-refractivity contribution < 1.29 is 9.53 Å². The topological polar surface area (TPSA) is 64.4 Å². The maximum absolute atomic E-state index is 11.6. The standard InChI is InChI=1S/C13H20N2O2/c1-9(2)17-11-6-4-10(5-7-11)12(8-14)13(16)15-3/h4-7,9,12H,8,14H2,1-3H3,(H,15,16). The Balaban J connectivity index is 2.81. The van der Waals surface area contributed by atoms with Crippen molar-refractivity contribution in [1.29, 1.82) is 0 Å². The van der Waals surface area contributed by atoms with E-state index in [1.165, 1.54) is 0 Å². The van der Waals surface area contributed by atoms with Crippen LogP contribution < -0.4 is 15.8 Å². The van der Waals surface area contributed by atoms with Crippen molar-refractivity contribution in [1.82, 2.24) is 5.32 Å². The van der Waals surface area contributed by atoms with Gasteiger partial charge in [-0.25, -0.2) is 0 Å². The third kappa shape index (κ3) is 3.75. The lowest BCUT2D eigenvalue weighted by atomic mass is 9.98. The normalized spacial score (nSPS) is 12.3. The molecule has 0 radical (unpaired) electrons. The molecule has 0 aliphatic carbocycles. The molecule has 1 atom stereocenters. The number of amides is 1. The van der Waals surface area contributed by atoms with Gasteiger partial charge in [0.1, 0.15) is 5.75 Å². The predicted octanol–water partition coefficient (Wildman–Crippen LogP) is 1.26.